The Morgan fingerprint density at radius 2 is 1.63 bits per heavy atom. The van der Waals surface area contributed by atoms with Gasteiger partial charge in [0.05, 0.1) is 4.88 Å². The minimum atomic E-state index is 0.0110. The van der Waals surface area contributed by atoms with Gasteiger partial charge in [-0.2, -0.15) is 0 Å². The molecule has 0 aliphatic carbocycles. The molecule has 3 heterocycles. The van der Waals surface area contributed by atoms with Crippen LogP contribution in [0.15, 0.2) is 12.1 Å². The van der Waals surface area contributed by atoms with E-state index in [1.54, 1.807) is 0 Å². The average molecular weight is 391 g/mol. The number of piperidine rings is 1. The Labute approximate surface area is 165 Å². The van der Waals surface area contributed by atoms with Crippen molar-refractivity contribution in [3.63, 3.8) is 0 Å². The molecule has 2 saturated heterocycles. The quantitative estimate of drug-likeness (QED) is 0.638. The number of hydrogen-bond donors (Lipinski definition) is 0. The van der Waals surface area contributed by atoms with Crippen molar-refractivity contribution in [3.8, 4) is 0 Å². The average Bonchev–Trinajstić information content (AvgIpc) is 3.36. The molecule has 0 spiro atoms. The summed E-state index contributed by atoms with van der Waals surface area (Å²) in [5.41, 5.74) is 0. The van der Waals surface area contributed by atoms with Gasteiger partial charge in [-0.3, -0.25) is 14.4 Å². The van der Waals surface area contributed by atoms with Gasteiger partial charge in [-0.1, -0.05) is 0 Å². The van der Waals surface area contributed by atoms with Crippen molar-refractivity contribution in [1.82, 2.24) is 9.80 Å². The number of nitrogens with zero attached hydrogens (tertiary/aromatic N) is 2. The highest BCUT2D eigenvalue weighted by molar-refractivity contribution is 7.14. The van der Waals surface area contributed by atoms with E-state index in [9.17, 15) is 14.4 Å². The fourth-order valence-electron chi connectivity index (χ4n) is 4.08. The topological polar surface area (TPSA) is 57.7 Å². The van der Waals surface area contributed by atoms with Crippen LogP contribution in [0.5, 0.6) is 0 Å². The molecule has 0 N–H and O–H groups in total. The third-order valence-electron chi connectivity index (χ3n) is 5.74. The first-order valence-corrected chi connectivity index (χ1v) is 11.0. The van der Waals surface area contributed by atoms with Crippen LogP contribution in [-0.2, 0) is 9.59 Å². The second-order valence-corrected chi connectivity index (χ2v) is 9.02. The fourth-order valence-corrected chi connectivity index (χ4v) is 4.91. The lowest BCUT2D eigenvalue weighted by Gasteiger charge is -2.36. The van der Waals surface area contributed by atoms with Crippen LogP contribution in [-0.4, -0.2) is 59.5 Å². The van der Waals surface area contributed by atoms with E-state index in [-0.39, 0.29) is 43.2 Å². The van der Waals surface area contributed by atoms with Gasteiger partial charge in [-0.15, -0.1) is 11.3 Å². The van der Waals surface area contributed by atoms with Gasteiger partial charge >= 0.3 is 0 Å². The van der Waals surface area contributed by atoms with Crippen molar-refractivity contribution in [2.75, 3.05) is 26.2 Å². The zero-order chi connectivity index (χ0) is 19.2. The first-order valence-electron chi connectivity index (χ1n) is 10.2. The van der Waals surface area contributed by atoms with Gasteiger partial charge in [-0.05, 0) is 57.8 Å². The fraction of sp³-hybridized carbons (Fsp3) is 0.667. The van der Waals surface area contributed by atoms with E-state index in [0.717, 1.165) is 35.7 Å². The van der Waals surface area contributed by atoms with Crippen LogP contribution in [0, 0.1) is 6.92 Å². The van der Waals surface area contributed by atoms with Crippen molar-refractivity contribution in [3.05, 3.63) is 21.9 Å². The number of hydrogen-bond acceptors (Lipinski definition) is 5. The van der Waals surface area contributed by atoms with Gasteiger partial charge in [0.25, 0.3) is 0 Å². The maximum atomic E-state index is 12.4. The minimum Gasteiger partial charge on any atom is -0.343 e. The SMILES string of the molecule is Cc1ccc(C(=O)CCC(=O)CCC(=O)N2CCC(N3CCCC3)CC2)s1. The van der Waals surface area contributed by atoms with E-state index >= 15 is 0 Å². The molecular weight excluding hydrogens is 360 g/mol. The van der Waals surface area contributed by atoms with Crippen molar-refractivity contribution >= 4 is 28.8 Å². The van der Waals surface area contributed by atoms with Gasteiger partial charge in [0.15, 0.2) is 5.78 Å². The molecule has 1 aromatic rings. The maximum Gasteiger partial charge on any atom is 0.223 e. The highest BCUT2D eigenvalue weighted by Crippen LogP contribution is 2.22. The van der Waals surface area contributed by atoms with E-state index in [1.165, 1.54) is 37.3 Å². The Hall–Kier alpha value is -1.53. The van der Waals surface area contributed by atoms with Gasteiger partial charge < -0.3 is 9.80 Å². The number of Topliss-reactive ketones (excluding diaryl/α,β-unsaturated/α-hetero) is 2. The Morgan fingerprint density at radius 1 is 0.963 bits per heavy atom. The zero-order valence-corrected chi connectivity index (χ0v) is 17.1. The van der Waals surface area contributed by atoms with Crippen molar-refractivity contribution in [2.24, 2.45) is 0 Å². The molecule has 0 atom stereocenters. The normalized spacial score (nSPS) is 18.8. The van der Waals surface area contributed by atoms with Gasteiger partial charge in [0.1, 0.15) is 5.78 Å². The predicted octanol–water partition coefficient (Wildman–Crippen LogP) is 3.46. The van der Waals surface area contributed by atoms with Crippen LogP contribution in [0.3, 0.4) is 0 Å². The summed E-state index contributed by atoms with van der Waals surface area (Å²) in [6.45, 7) is 5.99. The monoisotopic (exact) mass is 390 g/mol. The molecule has 0 unspecified atom stereocenters. The molecule has 0 radical (unpaired) electrons. The summed E-state index contributed by atoms with van der Waals surface area (Å²) in [6.07, 6.45) is 5.71. The van der Waals surface area contributed by atoms with Crippen LogP contribution in [0.4, 0.5) is 0 Å². The lowest BCUT2D eigenvalue weighted by atomic mass is 10.0. The highest BCUT2D eigenvalue weighted by atomic mass is 32.1. The molecule has 0 bridgehead atoms. The van der Waals surface area contributed by atoms with Crippen LogP contribution in [0.1, 0.15) is 65.9 Å². The first kappa shape index (κ1) is 20.2. The number of amides is 1. The minimum absolute atomic E-state index is 0.0110. The molecule has 1 amide bonds. The predicted molar refractivity (Wildman–Crippen MR) is 107 cm³/mol. The van der Waals surface area contributed by atoms with E-state index in [1.807, 2.05) is 24.0 Å². The molecule has 3 rings (SSSR count). The highest BCUT2D eigenvalue weighted by Gasteiger charge is 2.28. The number of aryl methyl sites for hydroxylation is 1. The lowest BCUT2D eigenvalue weighted by molar-refractivity contribution is -0.134. The summed E-state index contributed by atoms with van der Waals surface area (Å²) in [4.78, 5) is 42.8. The van der Waals surface area contributed by atoms with Crippen molar-refractivity contribution in [2.45, 2.75) is 64.3 Å². The number of likely N-dealkylation sites (tertiary alicyclic amines) is 2. The van der Waals surface area contributed by atoms with E-state index in [4.69, 9.17) is 0 Å². The third-order valence-corrected chi connectivity index (χ3v) is 6.78. The molecule has 2 aliphatic heterocycles. The zero-order valence-electron chi connectivity index (χ0n) is 16.2. The summed E-state index contributed by atoms with van der Waals surface area (Å²) >= 11 is 1.47. The van der Waals surface area contributed by atoms with E-state index in [2.05, 4.69) is 4.90 Å². The van der Waals surface area contributed by atoms with Crippen LogP contribution in [0.25, 0.3) is 0 Å². The number of ketones is 2. The Kier molecular flexibility index (Phi) is 7.19. The molecule has 1 aromatic heterocycles. The molecule has 148 valence electrons. The van der Waals surface area contributed by atoms with Gasteiger partial charge in [0, 0.05) is 49.7 Å². The number of rotatable bonds is 8. The molecule has 2 fully saturated rings. The molecule has 0 saturated carbocycles. The number of carbonyl (C=O) groups excluding carboxylic acids is 3. The summed E-state index contributed by atoms with van der Waals surface area (Å²) in [5, 5.41) is 0. The Bertz CT molecular complexity index is 671. The maximum absolute atomic E-state index is 12.4. The lowest BCUT2D eigenvalue weighted by Crippen LogP contribution is -2.45. The third kappa shape index (κ3) is 5.72. The Balaban J connectivity index is 1.33. The van der Waals surface area contributed by atoms with Crippen molar-refractivity contribution < 1.29 is 14.4 Å². The molecule has 5 nitrogen and oxygen atoms in total. The molecular formula is C21H30N2O3S. The standard InChI is InChI=1S/C21H30N2O3S/c1-16-4-8-20(27-16)19(25)7-5-18(24)6-9-21(26)23-14-10-17(11-15-23)22-12-2-3-13-22/h4,8,17H,2-3,5-7,9-15H2,1H3. The van der Waals surface area contributed by atoms with Crippen molar-refractivity contribution in [1.29, 1.82) is 0 Å². The Morgan fingerprint density at radius 3 is 2.26 bits per heavy atom. The van der Waals surface area contributed by atoms with Crippen LogP contribution < -0.4 is 0 Å². The number of carbonyl (C=O) groups is 3. The summed E-state index contributed by atoms with van der Waals surface area (Å²) in [5.74, 6) is 0.122. The smallest absolute Gasteiger partial charge is 0.223 e. The molecule has 0 aromatic carbocycles. The first-order chi connectivity index (χ1) is 13.0. The van der Waals surface area contributed by atoms with Gasteiger partial charge in [-0.25, -0.2) is 0 Å². The second kappa shape index (κ2) is 9.60. The van der Waals surface area contributed by atoms with E-state index < -0.39 is 0 Å². The number of thiophene rings is 1. The second-order valence-electron chi connectivity index (χ2n) is 7.73. The summed E-state index contributed by atoms with van der Waals surface area (Å²) in [7, 11) is 0. The van der Waals surface area contributed by atoms with Crippen LogP contribution in [0.2, 0.25) is 0 Å². The molecule has 27 heavy (non-hydrogen) atoms. The van der Waals surface area contributed by atoms with Crippen LogP contribution >= 0.6 is 11.3 Å². The molecule has 2 aliphatic rings. The van der Waals surface area contributed by atoms with E-state index in [0.29, 0.717) is 6.04 Å². The summed E-state index contributed by atoms with van der Waals surface area (Å²) < 4.78 is 0. The molecule has 6 heteroatoms. The largest absolute Gasteiger partial charge is 0.343 e. The summed E-state index contributed by atoms with van der Waals surface area (Å²) in [6, 6.07) is 4.37. The van der Waals surface area contributed by atoms with Gasteiger partial charge in [0.2, 0.25) is 5.91 Å².